The molecular weight excluding hydrogens is 374 g/mol. The third-order valence-corrected chi connectivity index (χ3v) is 6.05. The Morgan fingerprint density at radius 2 is 1.55 bits per heavy atom. The largest absolute Gasteiger partial charge is 0.463 e. The van der Waals surface area contributed by atoms with Gasteiger partial charge in [0.25, 0.3) is 0 Å². The van der Waals surface area contributed by atoms with Crippen LogP contribution in [0.25, 0.3) is 0 Å². The number of carbonyl (C=O) groups excluding carboxylic acids is 2. The van der Waals surface area contributed by atoms with E-state index in [1.165, 1.54) is 5.06 Å². The Kier molecular flexibility index (Phi) is 8.30. The van der Waals surface area contributed by atoms with E-state index < -0.39 is 21.9 Å². The van der Waals surface area contributed by atoms with Gasteiger partial charge in [0.05, 0.1) is 17.4 Å². The third kappa shape index (κ3) is 6.40. The first-order chi connectivity index (χ1) is 13.1. The van der Waals surface area contributed by atoms with Gasteiger partial charge in [-0.2, -0.15) is 5.06 Å². The molecule has 7 heteroatoms. The average molecular weight is 416 g/mol. The van der Waals surface area contributed by atoms with Crippen molar-refractivity contribution in [1.82, 2.24) is 5.06 Å². The van der Waals surface area contributed by atoms with E-state index in [0.717, 1.165) is 0 Å². The molecule has 0 radical (unpaired) electrons. The molecular formula is C22H41NO6. The van der Waals surface area contributed by atoms with Crippen LogP contribution in [0, 0.1) is 10.8 Å². The van der Waals surface area contributed by atoms with E-state index in [2.05, 4.69) is 0 Å². The molecule has 1 saturated heterocycles. The first-order valence-corrected chi connectivity index (χ1v) is 10.5. The number of rotatable bonds is 9. The maximum atomic E-state index is 13.2. The van der Waals surface area contributed by atoms with E-state index in [0.29, 0.717) is 32.3 Å². The minimum atomic E-state index is -0.829. The predicted molar refractivity (Wildman–Crippen MR) is 111 cm³/mol. The topological polar surface area (TPSA) is 85.3 Å². The van der Waals surface area contributed by atoms with Crippen molar-refractivity contribution in [2.45, 2.75) is 98.3 Å². The summed E-state index contributed by atoms with van der Waals surface area (Å²) in [4.78, 5) is 25.6. The molecule has 0 saturated carbocycles. The van der Waals surface area contributed by atoms with Gasteiger partial charge in [-0.3, -0.25) is 9.59 Å². The molecule has 1 unspecified atom stereocenters. The fourth-order valence-corrected chi connectivity index (χ4v) is 4.36. The van der Waals surface area contributed by atoms with Crippen molar-refractivity contribution in [3.8, 4) is 0 Å². The number of hydrogen-bond acceptors (Lipinski definition) is 7. The lowest BCUT2D eigenvalue weighted by Gasteiger charge is -2.51. The molecule has 1 aliphatic heterocycles. The molecule has 170 valence electrons. The summed E-state index contributed by atoms with van der Waals surface area (Å²) in [5.74, 6) is -0.654. The third-order valence-electron chi connectivity index (χ3n) is 6.05. The summed E-state index contributed by atoms with van der Waals surface area (Å²) >= 11 is 0. The van der Waals surface area contributed by atoms with Gasteiger partial charge in [-0.25, -0.2) is 0 Å². The van der Waals surface area contributed by atoms with Gasteiger partial charge in [0.2, 0.25) is 0 Å². The SMILES string of the molecule is CCC(C)(CC(C)(C)C(=O)OCCOC)C(=O)OC1CC(C)(C)N(O)C(C)(C)C1. The highest BCUT2D eigenvalue weighted by molar-refractivity contribution is 5.80. The van der Waals surface area contributed by atoms with Crippen LogP contribution in [0.4, 0.5) is 0 Å². The Morgan fingerprint density at radius 3 is 2.00 bits per heavy atom. The molecule has 0 bridgehead atoms. The second-order valence-electron chi connectivity index (χ2n) is 10.5. The van der Waals surface area contributed by atoms with Gasteiger partial charge >= 0.3 is 11.9 Å². The fraction of sp³-hybridized carbons (Fsp3) is 0.909. The Balaban J connectivity index is 2.87. The lowest BCUT2D eigenvalue weighted by atomic mass is 9.72. The highest BCUT2D eigenvalue weighted by Gasteiger charge is 2.48. The standard InChI is InChI=1S/C22H41NO6/c1-10-22(8,15-19(2,3)17(24)28-12-11-27-9)18(25)29-16-13-20(4,5)23(26)21(6,7)14-16/h16,26H,10-15H2,1-9H3. The lowest BCUT2D eigenvalue weighted by Crippen LogP contribution is -2.61. The van der Waals surface area contributed by atoms with Gasteiger partial charge in [-0.1, -0.05) is 6.92 Å². The van der Waals surface area contributed by atoms with E-state index in [1.807, 2.05) is 41.5 Å². The van der Waals surface area contributed by atoms with Crippen LogP contribution in [0.15, 0.2) is 0 Å². The molecule has 1 N–H and O–H groups in total. The van der Waals surface area contributed by atoms with Crippen LogP contribution in [-0.2, 0) is 23.8 Å². The quantitative estimate of drug-likeness (QED) is 0.450. The zero-order chi connectivity index (χ0) is 22.7. The number of nitrogens with zero attached hydrogens (tertiary/aromatic N) is 1. The first-order valence-electron chi connectivity index (χ1n) is 10.5. The van der Waals surface area contributed by atoms with E-state index in [-0.39, 0.29) is 24.6 Å². The number of carbonyl (C=O) groups is 2. The second-order valence-corrected chi connectivity index (χ2v) is 10.5. The van der Waals surface area contributed by atoms with Gasteiger partial charge in [-0.15, -0.1) is 0 Å². The minimum absolute atomic E-state index is 0.190. The molecule has 0 amide bonds. The molecule has 1 rings (SSSR count). The fourth-order valence-electron chi connectivity index (χ4n) is 4.36. The monoisotopic (exact) mass is 415 g/mol. The summed E-state index contributed by atoms with van der Waals surface area (Å²) in [6, 6.07) is 0. The van der Waals surface area contributed by atoms with Crippen molar-refractivity contribution in [2.24, 2.45) is 10.8 Å². The molecule has 0 aliphatic carbocycles. The number of ether oxygens (including phenoxy) is 3. The number of hydrogen-bond donors (Lipinski definition) is 1. The van der Waals surface area contributed by atoms with Gasteiger partial charge in [0.15, 0.2) is 0 Å². The Morgan fingerprint density at radius 1 is 1.03 bits per heavy atom. The summed E-state index contributed by atoms with van der Waals surface area (Å²) in [6.07, 6.45) is 1.67. The van der Waals surface area contributed by atoms with Crippen molar-refractivity contribution < 1.29 is 29.0 Å². The number of methoxy groups -OCH3 is 1. The highest BCUT2D eigenvalue weighted by atomic mass is 16.6. The highest BCUT2D eigenvalue weighted by Crippen LogP contribution is 2.42. The van der Waals surface area contributed by atoms with Crippen LogP contribution < -0.4 is 0 Å². The smallest absolute Gasteiger partial charge is 0.312 e. The van der Waals surface area contributed by atoms with Crippen LogP contribution in [0.3, 0.4) is 0 Å². The number of piperidine rings is 1. The normalized spacial score (nSPS) is 22.0. The van der Waals surface area contributed by atoms with Crippen molar-refractivity contribution >= 4 is 11.9 Å². The molecule has 7 nitrogen and oxygen atoms in total. The summed E-state index contributed by atoms with van der Waals surface area (Å²) < 4.78 is 16.1. The summed E-state index contributed by atoms with van der Waals surface area (Å²) in [5, 5.41) is 11.8. The van der Waals surface area contributed by atoms with Gasteiger partial charge < -0.3 is 19.4 Å². The van der Waals surface area contributed by atoms with E-state index >= 15 is 0 Å². The van der Waals surface area contributed by atoms with Crippen molar-refractivity contribution in [3.63, 3.8) is 0 Å². The van der Waals surface area contributed by atoms with Crippen LogP contribution in [0.5, 0.6) is 0 Å². The van der Waals surface area contributed by atoms with E-state index in [9.17, 15) is 14.8 Å². The number of esters is 2. The maximum Gasteiger partial charge on any atom is 0.312 e. The zero-order valence-corrected chi connectivity index (χ0v) is 19.8. The summed E-state index contributed by atoms with van der Waals surface area (Å²) in [6.45, 7) is 15.6. The average Bonchev–Trinajstić information content (AvgIpc) is 2.58. The molecule has 1 atom stereocenters. The molecule has 0 aromatic carbocycles. The molecule has 29 heavy (non-hydrogen) atoms. The number of hydroxylamine groups is 2. The Hall–Kier alpha value is -1.18. The molecule has 1 fully saturated rings. The van der Waals surface area contributed by atoms with Crippen molar-refractivity contribution in [1.29, 1.82) is 0 Å². The molecule has 0 aromatic rings. The molecule has 0 aromatic heterocycles. The second kappa shape index (κ2) is 9.31. The van der Waals surface area contributed by atoms with Gasteiger partial charge in [0.1, 0.15) is 12.7 Å². The van der Waals surface area contributed by atoms with Crippen LogP contribution in [0.1, 0.15) is 81.1 Å². The van der Waals surface area contributed by atoms with Gasteiger partial charge in [0, 0.05) is 31.0 Å². The van der Waals surface area contributed by atoms with Gasteiger partial charge in [-0.05, 0) is 61.3 Å². The Bertz CT molecular complexity index is 568. The van der Waals surface area contributed by atoms with Crippen LogP contribution >= 0.6 is 0 Å². The molecule has 1 heterocycles. The van der Waals surface area contributed by atoms with Crippen molar-refractivity contribution in [3.05, 3.63) is 0 Å². The van der Waals surface area contributed by atoms with Crippen LogP contribution in [0.2, 0.25) is 0 Å². The summed E-state index contributed by atoms with van der Waals surface area (Å²) in [7, 11) is 1.55. The lowest BCUT2D eigenvalue weighted by molar-refractivity contribution is -0.260. The minimum Gasteiger partial charge on any atom is -0.463 e. The zero-order valence-electron chi connectivity index (χ0n) is 19.8. The van der Waals surface area contributed by atoms with E-state index in [1.54, 1.807) is 21.0 Å². The molecule has 1 aliphatic rings. The summed E-state index contributed by atoms with van der Waals surface area (Å²) in [5.41, 5.74) is -2.64. The predicted octanol–water partition coefficient (Wildman–Crippen LogP) is 3.96. The van der Waals surface area contributed by atoms with E-state index in [4.69, 9.17) is 14.2 Å². The van der Waals surface area contributed by atoms with Crippen LogP contribution in [-0.4, -0.2) is 59.7 Å². The Labute approximate surface area is 176 Å². The van der Waals surface area contributed by atoms with Crippen molar-refractivity contribution in [2.75, 3.05) is 20.3 Å². The maximum absolute atomic E-state index is 13.2. The molecule has 0 spiro atoms. The first kappa shape index (κ1) is 25.9.